The van der Waals surface area contributed by atoms with Crippen LogP contribution in [0.5, 0.6) is 0 Å². The number of amides is 1. The fraction of sp³-hybridized carbons (Fsp3) is 0.348. The van der Waals surface area contributed by atoms with Gasteiger partial charge in [0.2, 0.25) is 12.2 Å². The molecule has 2 aromatic heterocycles. The van der Waals surface area contributed by atoms with E-state index in [4.69, 9.17) is 10.00 Å². The summed E-state index contributed by atoms with van der Waals surface area (Å²) in [7, 11) is 1.79. The average molecular weight is 447 g/mol. The number of aryl methyl sites for hydroxylation is 1. The Balaban J connectivity index is 1.44. The molecule has 33 heavy (non-hydrogen) atoms. The van der Waals surface area contributed by atoms with Crippen LogP contribution < -0.4 is 15.5 Å². The molecule has 1 aliphatic rings. The molecule has 10 heteroatoms. The van der Waals surface area contributed by atoms with Crippen molar-refractivity contribution < 1.29 is 9.53 Å². The maximum Gasteiger partial charge on any atom is 0.274 e. The summed E-state index contributed by atoms with van der Waals surface area (Å²) >= 11 is 0. The lowest BCUT2D eigenvalue weighted by Gasteiger charge is -2.35. The normalized spacial score (nSPS) is 15.2. The SMILES string of the molecule is Cc1nc(NCc2cnn(Cc3ccc(C#N)cc3)c2)nc2c1NC(=O)C(OC(C)C)N2C. The number of rotatable bonds is 7. The number of aromatic nitrogens is 4. The van der Waals surface area contributed by atoms with Gasteiger partial charge < -0.3 is 20.3 Å². The molecular weight excluding hydrogens is 420 g/mol. The molecule has 0 bridgehead atoms. The second-order valence-corrected chi connectivity index (χ2v) is 8.18. The number of carbonyl (C=O) groups excluding carboxylic acids is 1. The molecule has 0 saturated carbocycles. The highest BCUT2D eigenvalue weighted by Crippen LogP contribution is 2.32. The van der Waals surface area contributed by atoms with Gasteiger partial charge >= 0.3 is 0 Å². The number of ether oxygens (including phenoxy) is 1. The first-order valence-corrected chi connectivity index (χ1v) is 10.7. The van der Waals surface area contributed by atoms with Gasteiger partial charge in [-0.2, -0.15) is 15.3 Å². The second-order valence-electron chi connectivity index (χ2n) is 8.18. The van der Waals surface area contributed by atoms with E-state index in [1.165, 1.54) is 0 Å². The van der Waals surface area contributed by atoms with Crippen molar-refractivity contribution in [2.45, 2.75) is 46.2 Å². The fourth-order valence-corrected chi connectivity index (χ4v) is 3.56. The first-order chi connectivity index (χ1) is 15.8. The van der Waals surface area contributed by atoms with E-state index in [9.17, 15) is 4.79 Å². The van der Waals surface area contributed by atoms with Crippen molar-refractivity contribution in [3.05, 3.63) is 59.0 Å². The van der Waals surface area contributed by atoms with Crippen LogP contribution in [0.15, 0.2) is 36.7 Å². The monoisotopic (exact) mass is 446 g/mol. The van der Waals surface area contributed by atoms with Crippen molar-refractivity contribution in [1.29, 1.82) is 5.26 Å². The number of nitriles is 1. The number of hydrogen-bond acceptors (Lipinski definition) is 8. The number of carbonyl (C=O) groups is 1. The Hall–Kier alpha value is -3.97. The molecule has 10 nitrogen and oxygen atoms in total. The lowest BCUT2D eigenvalue weighted by molar-refractivity contribution is -0.130. The first-order valence-electron chi connectivity index (χ1n) is 10.7. The molecule has 0 aliphatic carbocycles. The molecule has 3 aromatic rings. The van der Waals surface area contributed by atoms with E-state index in [1.54, 1.807) is 30.3 Å². The molecule has 1 atom stereocenters. The Labute approximate surface area is 192 Å². The van der Waals surface area contributed by atoms with Gasteiger partial charge in [-0.1, -0.05) is 12.1 Å². The van der Waals surface area contributed by atoms with Gasteiger partial charge in [0, 0.05) is 25.4 Å². The molecule has 0 saturated heterocycles. The maximum absolute atomic E-state index is 12.4. The summed E-state index contributed by atoms with van der Waals surface area (Å²) in [5.74, 6) is 0.824. The number of anilines is 3. The van der Waals surface area contributed by atoms with Crippen molar-refractivity contribution in [2.75, 3.05) is 22.6 Å². The van der Waals surface area contributed by atoms with Crippen LogP contribution in [0.4, 0.5) is 17.5 Å². The van der Waals surface area contributed by atoms with Gasteiger partial charge in [0.25, 0.3) is 5.91 Å². The van der Waals surface area contributed by atoms with Gasteiger partial charge in [0.1, 0.15) is 5.69 Å². The van der Waals surface area contributed by atoms with E-state index >= 15 is 0 Å². The number of benzene rings is 1. The summed E-state index contributed by atoms with van der Waals surface area (Å²) in [6.45, 7) is 6.71. The lowest BCUT2D eigenvalue weighted by Crippen LogP contribution is -2.49. The van der Waals surface area contributed by atoms with Crippen LogP contribution in [0.1, 0.15) is 36.2 Å². The summed E-state index contributed by atoms with van der Waals surface area (Å²) in [4.78, 5) is 23.3. The number of hydrogen-bond donors (Lipinski definition) is 2. The number of nitrogens with one attached hydrogen (secondary N) is 2. The van der Waals surface area contributed by atoms with Gasteiger partial charge in [-0.3, -0.25) is 9.48 Å². The molecule has 1 unspecified atom stereocenters. The van der Waals surface area contributed by atoms with Crippen LogP contribution >= 0.6 is 0 Å². The van der Waals surface area contributed by atoms with E-state index in [1.807, 2.05) is 43.8 Å². The van der Waals surface area contributed by atoms with E-state index < -0.39 is 6.23 Å². The van der Waals surface area contributed by atoms with E-state index in [2.05, 4.69) is 31.8 Å². The predicted molar refractivity (Wildman–Crippen MR) is 124 cm³/mol. The van der Waals surface area contributed by atoms with Crippen LogP contribution in [-0.2, 0) is 22.6 Å². The average Bonchev–Trinajstić information content (AvgIpc) is 3.23. The Morgan fingerprint density at radius 2 is 2.00 bits per heavy atom. The van der Waals surface area contributed by atoms with Crippen molar-refractivity contribution in [1.82, 2.24) is 19.7 Å². The summed E-state index contributed by atoms with van der Waals surface area (Å²) in [5, 5.41) is 19.4. The minimum atomic E-state index is -0.750. The fourth-order valence-electron chi connectivity index (χ4n) is 3.56. The van der Waals surface area contributed by atoms with Crippen molar-refractivity contribution in [3.8, 4) is 6.07 Å². The van der Waals surface area contributed by atoms with Crippen LogP contribution in [0.3, 0.4) is 0 Å². The minimum absolute atomic E-state index is 0.105. The lowest BCUT2D eigenvalue weighted by atomic mass is 10.1. The second kappa shape index (κ2) is 9.26. The molecule has 1 aromatic carbocycles. The number of nitrogens with zero attached hydrogens (tertiary/aromatic N) is 6. The number of likely N-dealkylation sites (N-methyl/N-ethyl adjacent to an activating group) is 1. The predicted octanol–water partition coefficient (Wildman–Crippen LogP) is 2.65. The molecular formula is C23H26N8O2. The zero-order valence-electron chi connectivity index (χ0n) is 19.0. The van der Waals surface area contributed by atoms with Crippen molar-refractivity contribution in [2.24, 2.45) is 0 Å². The molecule has 2 N–H and O–H groups in total. The zero-order valence-corrected chi connectivity index (χ0v) is 19.0. The van der Waals surface area contributed by atoms with Crippen molar-refractivity contribution in [3.63, 3.8) is 0 Å². The van der Waals surface area contributed by atoms with Gasteiger partial charge in [0.05, 0.1) is 36.2 Å². The maximum atomic E-state index is 12.4. The molecule has 170 valence electrons. The van der Waals surface area contributed by atoms with E-state index in [0.29, 0.717) is 41.8 Å². The highest BCUT2D eigenvalue weighted by Gasteiger charge is 2.34. The van der Waals surface area contributed by atoms with Gasteiger partial charge in [-0.25, -0.2) is 4.98 Å². The standard InChI is InChI=1S/C23H26N8O2/c1-14(2)33-22-21(32)28-19-15(3)27-23(29-20(19)30(22)4)25-10-18-11-26-31(13-18)12-17-7-5-16(9-24)6-8-17/h5-8,11,13-14,22H,10,12H2,1-4H3,(H,28,32)(H,25,27,29). The molecule has 1 aliphatic heterocycles. The highest BCUT2D eigenvalue weighted by molar-refractivity contribution is 6.02. The van der Waals surface area contributed by atoms with E-state index in [-0.39, 0.29) is 12.0 Å². The van der Waals surface area contributed by atoms with Gasteiger partial charge in [-0.05, 0) is 38.5 Å². The molecule has 0 spiro atoms. The van der Waals surface area contributed by atoms with E-state index in [0.717, 1.165) is 11.1 Å². The summed E-state index contributed by atoms with van der Waals surface area (Å²) in [6.07, 6.45) is 2.89. The smallest absolute Gasteiger partial charge is 0.274 e. The molecule has 0 radical (unpaired) electrons. The highest BCUT2D eigenvalue weighted by atomic mass is 16.5. The van der Waals surface area contributed by atoms with Gasteiger partial charge in [-0.15, -0.1) is 0 Å². The summed E-state index contributed by atoms with van der Waals surface area (Å²) < 4.78 is 7.59. The third kappa shape index (κ3) is 4.94. The quantitative estimate of drug-likeness (QED) is 0.568. The third-order valence-electron chi connectivity index (χ3n) is 5.20. The largest absolute Gasteiger partial charge is 0.350 e. The Bertz CT molecular complexity index is 1200. The van der Waals surface area contributed by atoms with Crippen LogP contribution in [0.2, 0.25) is 0 Å². The van der Waals surface area contributed by atoms with Crippen LogP contribution in [0, 0.1) is 18.3 Å². The zero-order chi connectivity index (χ0) is 23.5. The number of fused-ring (bicyclic) bond motifs is 1. The molecule has 4 rings (SSSR count). The topological polar surface area (TPSA) is 121 Å². The Morgan fingerprint density at radius 1 is 1.24 bits per heavy atom. The summed E-state index contributed by atoms with van der Waals surface area (Å²) in [5.41, 5.74) is 3.93. The third-order valence-corrected chi connectivity index (χ3v) is 5.20. The Kier molecular flexibility index (Phi) is 6.24. The first kappa shape index (κ1) is 22.2. The minimum Gasteiger partial charge on any atom is -0.350 e. The molecule has 3 heterocycles. The van der Waals surface area contributed by atoms with Crippen molar-refractivity contribution >= 4 is 23.4 Å². The molecule has 0 fully saturated rings. The molecule has 1 amide bonds. The summed E-state index contributed by atoms with van der Waals surface area (Å²) in [6, 6.07) is 9.57. The van der Waals surface area contributed by atoms with Gasteiger partial charge in [0.15, 0.2) is 5.82 Å². The van der Waals surface area contributed by atoms with Crippen LogP contribution in [-0.4, -0.2) is 45.0 Å². The Morgan fingerprint density at radius 3 is 2.70 bits per heavy atom. The van der Waals surface area contributed by atoms with Crippen LogP contribution in [0.25, 0.3) is 0 Å².